The van der Waals surface area contributed by atoms with Crippen molar-refractivity contribution >= 4 is 46.3 Å². The van der Waals surface area contributed by atoms with Crippen molar-refractivity contribution in [2.24, 2.45) is 0 Å². The van der Waals surface area contributed by atoms with Crippen molar-refractivity contribution in [3.8, 4) is 5.75 Å². The van der Waals surface area contributed by atoms with E-state index >= 15 is 0 Å². The van der Waals surface area contributed by atoms with E-state index in [2.05, 4.69) is 4.98 Å². The lowest BCUT2D eigenvalue weighted by atomic mass is 9.96. The maximum atomic E-state index is 13.1. The molecule has 1 aromatic heterocycles. The van der Waals surface area contributed by atoms with Crippen molar-refractivity contribution in [2.45, 2.75) is 6.04 Å². The van der Waals surface area contributed by atoms with Crippen LogP contribution in [0.3, 0.4) is 0 Å². The van der Waals surface area contributed by atoms with Crippen LogP contribution in [0, 0.1) is 0 Å². The molecule has 1 fully saturated rings. The topological polar surface area (TPSA) is 79.7 Å². The van der Waals surface area contributed by atoms with E-state index in [-0.39, 0.29) is 11.1 Å². The molecule has 1 aliphatic heterocycles. The fraction of sp³-hybridized carbons (Fsp3) is 0.0870. The number of ketones is 1. The highest BCUT2D eigenvalue weighted by Gasteiger charge is 2.47. The second-order valence-corrected chi connectivity index (χ2v) is 7.65. The first-order chi connectivity index (χ1) is 14.9. The average molecular weight is 455 g/mol. The summed E-state index contributed by atoms with van der Waals surface area (Å²) in [5.74, 6) is -1.72. The highest BCUT2D eigenvalue weighted by Crippen LogP contribution is 2.43. The lowest BCUT2D eigenvalue weighted by Crippen LogP contribution is -2.29. The number of aliphatic hydroxyl groups excluding tert-OH is 1. The van der Waals surface area contributed by atoms with Gasteiger partial charge in [0.05, 0.1) is 24.3 Å². The number of anilines is 1. The zero-order valence-corrected chi connectivity index (χ0v) is 17.8. The molecule has 1 amide bonds. The molecule has 1 aliphatic rings. The second kappa shape index (κ2) is 8.41. The molecule has 3 aromatic rings. The largest absolute Gasteiger partial charge is 0.507 e. The molecule has 4 rings (SSSR count). The minimum absolute atomic E-state index is 0.0986. The summed E-state index contributed by atoms with van der Waals surface area (Å²) in [6.45, 7) is 0. The van der Waals surface area contributed by atoms with Crippen molar-refractivity contribution in [2.75, 3.05) is 12.0 Å². The predicted molar refractivity (Wildman–Crippen MR) is 118 cm³/mol. The van der Waals surface area contributed by atoms with Gasteiger partial charge in [0.2, 0.25) is 0 Å². The molecule has 1 unspecified atom stereocenters. The summed E-state index contributed by atoms with van der Waals surface area (Å²) in [7, 11) is 1.43. The number of carbonyl (C=O) groups excluding carboxylic acids is 2. The second-order valence-electron chi connectivity index (χ2n) is 6.78. The van der Waals surface area contributed by atoms with E-state index in [1.54, 1.807) is 54.7 Å². The number of hydrogen-bond acceptors (Lipinski definition) is 5. The first kappa shape index (κ1) is 20.9. The Balaban J connectivity index is 1.99. The van der Waals surface area contributed by atoms with Crippen LogP contribution in [0.5, 0.6) is 5.75 Å². The smallest absolute Gasteiger partial charge is 0.300 e. The van der Waals surface area contributed by atoms with Crippen molar-refractivity contribution in [3.05, 3.63) is 93.7 Å². The summed E-state index contributed by atoms with van der Waals surface area (Å²) in [4.78, 5) is 31.6. The maximum absolute atomic E-state index is 13.1. The first-order valence-electron chi connectivity index (χ1n) is 9.22. The highest BCUT2D eigenvalue weighted by atomic mass is 35.5. The molecule has 156 valence electrons. The van der Waals surface area contributed by atoms with Gasteiger partial charge in [-0.15, -0.1) is 0 Å². The van der Waals surface area contributed by atoms with Gasteiger partial charge in [0, 0.05) is 28.1 Å². The summed E-state index contributed by atoms with van der Waals surface area (Å²) >= 11 is 12.2. The molecule has 1 atom stereocenters. The van der Waals surface area contributed by atoms with E-state index in [1.807, 2.05) is 0 Å². The number of ether oxygens (including phenoxy) is 1. The van der Waals surface area contributed by atoms with Crippen molar-refractivity contribution in [1.29, 1.82) is 0 Å². The molecular formula is C23H16Cl2N2O4. The molecule has 0 bridgehead atoms. The summed E-state index contributed by atoms with van der Waals surface area (Å²) < 4.78 is 5.32. The van der Waals surface area contributed by atoms with Gasteiger partial charge in [0.15, 0.2) is 0 Å². The number of aromatic nitrogens is 1. The SMILES string of the molecule is COc1ccc(Cl)cc1/C(O)=C1\C(=O)C(=O)N(c2cccc(Cl)c2)C1c1cccnc1. The molecule has 6 nitrogen and oxygen atoms in total. The number of amides is 1. The molecule has 1 saturated heterocycles. The number of aliphatic hydroxyl groups is 1. The molecule has 31 heavy (non-hydrogen) atoms. The van der Waals surface area contributed by atoms with Gasteiger partial charge in [-0.05, 0) is 48.0 Å². The number of pyridine rings is 1. The van der Waals surface area contributed by atoms with Crippen LogP contribution >= 0.6 is 23.2 Å². The molecule has 8 heteroatoms. The van der Waals surface area contributed by atoms with E-state index in [9.17, 15) is 14.7 Å². The van der Waals surface area contributed by atoms with Crippen molar-refractivity contribution in [1.82, 2.24) is 4.98 Å². The number of halogens is 2. The van der Waals surface area contributed by atoms with E-state index in [0.717, 1.165) is 0 Å². The minimum atomic E-state index is -0.921. The number of methoxy groups -OCH3 is 1. The zero-order chi connectivity index (χ0) is 22.1. The lowest BCUT2D eigenvalue weighted by Gasteiger charge is -2.25. The van der Waals surface area contributed by atoms with Gasteiger partial charge in [-0.3, -0.25) is 19.5 Å². The minimum Gasteiger partial charge on any atom is -0.507 e. The maximum Gasteiger partial charge on any atom is 0.300 e. The van der Waals surface area contributed by atoms with Gasteiger partial charge in [-0.25, -0.2) is 0 Å². The summed E-state index contributed by atoms with van der Waals surface area (Å²) in [6.07, 6.45) is 3.12. The molecule has 0 spiro atoms. The van der Waals surface area contributed by atoms with Gasteiger partial charge in [-0.2, -0.15) is 0 Å². The Labute approximate surface area is 188 Å². The Hall–Kier alpha value is -3.35. The van der Waals surface area contributed by atoms with Gasteiger partial charge in [-0.1, -0.05) is 35.3 Å². The Bertz CT molecular complexity index is 1210. The molecular weight excluding hydrogens is 439 g/mol. The first-order valence-corrected chi connectivity index (χ1v) is 9.98. The number of rotatable bonds is 4. The van der Waals surface area contributed by atoms with E-state index in [1.165, 1.54) is 24.3 Å². The molecule has 2 aromatic carbocycles. The van der Waals surface area contributed by atoms with Crippen LogP contribution in [0.25, 0.3) is 5.76 Å². The normalized spacial score (nSPS) is 17.8. The van der Waals surface area contributed by atoms with E-state index < -0.39 is 23.5 Å². The third-order valence-electron chi connectivity index (χ3n) is 4.95. The summed E-state index contributed by atoms with van der Waals surface area (Å²) in [6, 6.07) is 13.7. The van der Waals surface area contributed by atoms with Gasteiger partial charge in [0.25, 0.3) is 11.7 Å². The predicted octanol–water partition coefficient (Wildman–Crippen LogP) is 5.02. The Kier molecular flexibility index (Phi) is 5.67. The van der Waals surface area contributed by atoms with Crippen molar-refractivity contribution in [3.63, 3.8) is 0 Å². The van der Waals surface area contributed by atoms with Gasteiger partial charge < -0.3 is 9.84 Å². The van der Waals surface area contributed by atoms with Crippen LogP contribution in [0.2, 0.25) is 10.0 Å². The molecule has 2 heterocycles. The van der Waals surface area contributed by atoms with Crippen LogP contribution in [0.1, 0.15) is 17.2 Å². The van der Waals surface area contributed by atoms with Crippen LogP contribution in [-0.2, 0) is 9.59 Å². The van der Waals surface area contributed by atoms with Crippen LogP contribution < -0.4 is 9.64 Å². The standard InChI is InChI=1S/C23H16Cl2N2O4/c1-31-18-8-7-15(25)11-17(18)21(28)19-20(13-4-3-9-26-12-13)27(23(30)22(19)29)16-6-2-5-14(24)10-16/h2-12,20,28H,1H3/b21-19+. The van der Waals surface area contributed by atoms with Crippen LogP contribution in [-0.4, -0.2) is 28.9 Å². The van der Waals surface area contributed by atoms with Crippen molar-refractivity contribution < 1.29 is 19.4 Å². The number of Topliss-reactive ketones (excluding diaryl/α,β-unsaturated/α-hetero) is 1. The lowest BCUT2D eigenvalue weighted by molar-refractivity contribution is -0.132. The van der Waals surface area contributed by atoms with E-state index in [0.29, 0.717) is 27.0 Å². The third kappa shape index (κ3) is 3.76. The highest BCUT2D eigenvalue weighted by molar-refractivity contribution is 6.52. The zero-order valence-electron chi connectivity index (χ0n) is 16.3. The third-order valence-corrected chi connectivity index (χ3v) is 5.42. The Morgan fingerprint density at radius 3 is 2.52 bits per heavy atom. The molecule has 0 saturated carbocycles. The fourth-order valence-electron chi connectivity index (χ4n) is 3.59. The Morgan fingerprint density at radius 1 is 1.06 bits per heavy atom. The average Bonchev–Trinajstić information content (AvgIpc) is 3.04. The van der Waals surface area contributed by atoms with E-state index in [4.69, 9.17) is 27.9 Å². The number of nitrogens with zero attached hydrogens (tertiary/aromatic N) is 2. The van der Waals surface area contributed by atoms with Crippen LogP contribution in [0.4, 0.5) is 5.69 Å². The monoisotopic (exact) mass is 454 g/mol. The molecule has 0 aliphatic carbocycles. The summed E-state index contributed by atoms with van der Waals surface area (Å²) in [5.41, 5.74) is 1.07. The van der Waals surface area contributed by atoms with Gasteiger partial charge in [0.1, 0.15) is 11.5 Å². The number of carbonyl (C=O) groups is 2. The molecule has 0 radical (unpaired) electrons. The molecule has 1 N–H and O–H groups in total. The van der Waals surface area contributed by atoms with Crippen LogP contribution in [0.15, 0.2) is 72.6 Å². The number of hydrogen-bond donors (Lipinski definition) is 1. The number of benzene rings is 2. The Morgan fingerprint density at radius 2 is 1.84 bits per heavy atom. The quantitative estimate of drug-likeness (QED) is 0.340. The van der Waals surface area contributed by atoms with Gasteiger partial charge >= 0.3 is 0 Å². The fourth-order valence-corrected chi connectivity index (χ4v) is 3.94. The summed E-state index contributed by atoms with van der Waals surface area (Å²) in [5, 5.41) is 11.9.